The van der Waals surface area contributed by atoms with E-state index in [-0.39, 0.29) is 4.90 Å². The zero-order valence-electron chi connectivity index (χ0n) is 18.8. The van der Waals surface area contributed by atoms with Crippen LogP contribution >= 0.6 is 0 Å². The van der Waals surface area contributed by atoms with Gasteiger partial charge >= 0.3 is 0 Å². The third kappa shape index (κ3) is 4.58. The van der Waals surface area contributed by atoms with Crippen LogP contribution in [0.25, 0.3) is 22.5 Å². The van der Waals surface area contributed by atoms with Crippen LogP contribution in [0.3, 0.4) is 0 Å². The van der Waals surface area contributed by atoms with Gasteiger partial charge in [-0.1, -0.05) is 56.2 Å². The molecule has 1 aliphatic heterocycles. The van der Waals surface area contributed by atoms with Crippen molar-refractivity contribution in [2.24, 2.45) is 17.0 Å². The van der Waals surface area contributed by atoms with Crippen LogP contribution in [0.1, 0.15) is 49.7 Å². The average molecular weight is 467 g/mol. The number of nitrogens with two attached hydrogens (primary N) is 1. The van der Waals surface area contributed by atoms with E-state index < -0.39 is 10.0 Å². The van der Waals surface area contributed by atoms with Crippen molar-refractivity contribution in [1.29, 1.82) is 0 Å². The van der Waals surface area contributed by atoms with E-state index in [1.165, 1.54) is 18.4 Å². The van der Waals surface area contributed by atoms with E-state index >= 15 is 0 Å². The Morgan fingerprint density at radius 3 is 2.33 bits per heavy atom. The molecule has 2 fully saturated rings. The number of aromatic amines is 1. The summed E-state index contributed by atoms with van der Waals surface area (Å²) in [4.78, 5) is 0.129. The van der Waals surface area contributed by atoms with E-state index in [0.29, 0.717) is 29.6 Å². The molecule has 0 amide bonds. The summed E-state index contributed by atoms with van der Waals surface area (Å²) in [6, 6.07) is 12.2. The number of sulfonamides is 1. The van der Waals surface area contributed by atoms with Crippen molar-refractivity contribution < 1.29 is 8.42 Å². The van der Waals surface area contributed by atoms with Crippen molar-refractivity contribution in [3.63, 3.8) is 0 Å². The molecule has 1 aliphatic carbocycles. The standard InChI is InChI=1S/C24H30N6O2S/c1-15-2-4-16(5-3-15)12-19-10-11-21(18-8-6-17(7-9-18)20-13-26-14-20)22(23(19)33(25,31)32)24-27-29-30-28-24/h6-11,15-16,20,26H,2-5,12-14H2,1H3,(H2,25,31,32)(H,27,28,29,30)/t15-,16+. The van der Waals surface area contributed by atoms with Gasteiger partial charge in [0.05, 0.1) is 4.90 Å². The highest BCUT2D eigenvalue weighted by Crippen LogP contribution is 2.40. The number of nitrogens with one attached hydrogen (secondary N) is 2. The number of H-pyrrole nitrogens is 1. The molecular weight excluding hydrogens is 436 g/mol. The lowest BCUT2D eigenvalue weighted by Crippen LogP contribution is -2.39. The molecule has 33 heavy (non-hydrogen) atoms. The fraction of sp³-hybridized carbons (Fsp3) is 0.458. The molecule has 2 heterocycles. The second-order valence-electron chi connectivity index (χ2n) is 9.58. The quantitative estimate of drug-likeness (QED) is 0.512. The number of aromatic nitrogens is 4. The van der Waals surface area contributed by atoms with Crippen molar-refractivity contribution in [2.75, 3.05) is 13.1 Å². The first-order valence-corrected chi connectivity index (χ1v) is 13.2. The van der Waals surface area contributed by atoms with Gasteiger partial charge in [-0.2, -0.15) is 0 Å². The summed E-state index contributed by atoms with van der Waals surface area (Å²) in [6.45, 7) is 4.25. The Morgan fingerprint density at radius 2 is 1.76 bits per heavy atom. The van der Waals surface area contributed by atoms with Crippen molar-refractivity contribution in [2.45, 2.75) is 49.8 Å². The van der Waals surface area contributed by atoms with Gasteiger partial charge in [-0.3, -0.25) is 0 Å². The van der Waals surface area contributed by atoms with Gasteiger partial charge in [0, 0.05) is 24.6 Å². The van der Waals surface area contributed by atoms with Gasteiger partial charge in [0.25, 0.3) is 0 Å². The van der Waals surface area contributed by atoms with Crippen LogP contribution in [0, 0.1) is 11.8 Å². The molecule has 1 aromatic heterocycles. The Kier molecular flexibility index (Phi) is 6.03. The molecule has 0 atom stereocenters. The topological polar surface area (TPSA) is 127 Å². The minimum absolute atomic E-state index is 0.129. The first kappa shape index (κ1) is 22.2. The SMILES string of the molecule is C[C@H]1CC[C@@H](Cc2ccc(-c3ccc(C4CNC4)cc3)c(-c3nnn[nH]3)c2S(N)(=O)=O)CC1. The molecule has 4 N–H and O–H groups in total. The highest BCUT2D eigenvalue weighted by atomic mass is 32.2. The molecule has 0 unspecified atom stereocenters. The lowest BCUT2D eigenvalue weighted by atomic mass is 9.79. The minimum atomic E-state index is -4.02. The first-order chi connectivity index (χ1) is 15.9. The van der Waals surface area contributed by atoms with Crippen LogP contribution in [0.15, 0.2) is 41.3 Å². The van der Waals surface area contributed by atoms with E-state index in [0.717, 1.165) is 48.5 Å². The van der Waals surface area contributed by atoms with Gasteiger partial charge in [0.15, 0.2) is 5.82 Å². The van der Waals surface area contributed by atoms with Gasteiger partial charge in [-0.05, 0) is 63.8 Å². The molecule has 9 heteroatoms. The third-order valence-corrected chi connectivity index (χ3v) is 8.26. The molecule has 8 nitrogen and oxygen atoms in total. The van der Waals surface area contributed by atoms with Crippen LogP contribution in [0.4, 0.5) is 0 Å². The first-order valence-electron chi connectivity index (χ1n) is 11.6. The molecule has 0 radical (unpaired) electrons. The molecule has 0 bridgehead atoms. The maximum atomic E-state index is 12.9. The zero-order valence-corrected chi connectivity index (χ0v) is 19.6. The van der Waals surface area contributed by atoms with Gasteiger partial charge in [0.2, 0.25) is 10.0 Å². The summed E-state index contributed by atoms with van der Waals surface area (Å²) in [5.74, 6) is 2.01. The summed E-state index contributed by atoms with van der Waals surface area (Å²) < 4.78 is 25.9. The van der Waals surface area contributed by atoms with Crippen molar-refractivity contribution in [3.8, 4) is 22.5 Å². The van der Waals surface area contributed by atoms with Crippen LogP contribution in [-0.4, -0.2) is 42.1 Å². The third-order valence-electron chi connectivity index (χ3n) is 7.22. The number of tetrazole rings is 1. The Balaban J connectivity index is 1.61. The predicted molar refractivity (Wildman–Crippen MR) is 127 cm³/mol. The van der Waals surface area contributed by atoms with E-state index in [2.05, 4.69) is 45.0 Å². The summed E-state index contributed by atoms with van der Waals surface area (Å²) in [7, 11) is -4.02. The number of benzene rings is 2. The Hall–Kier alpha value is -2.62. The normalized spacial score (nSPS) is 21.6. The molecule has 1 saturated heterocycles. The number of rotatable bonds is 6. The van der Waals surface area contributed by atoms with E-state index in [1.54, 1.807) is 0 Å². The van der Waals surface area contributed by atoms with Crippen LogP contribution in [0.5, 0.6) is 0 Å². The number of hydrogen-bond donors (Lipinski definition) is 3. The zero-order chi connectivity index (χ0) is 23.0. The van der Waals surface area contributed by atoms with Crippen LogP contribution in [-0.2, 0) is 16.4 Å². The van der Waals surface area contributed by atoms with Gasteiger partial charge < -0.3 is 5.32 Å². The van der Waals surface area contributed by atoms with Gasteiger partial charge in [-0.15, -0.1) is 5.10 Å². The smallest absolute Gasteiger partial charge is 0.239 e. The Morgan fingerprint density at radius 1 is 1.03 bits per heavy atom. The maximum absolute atomic E-state index is 12.9. The molecule has 174 valence electrons. The summed E-state index contributed by atoms with van der Waals surface area (Å²) >= 11 is 0. The van der Waals surface area contributed by atoms with Crippen molar-refractivity contribution in [3.05, 3.63) is 47.5 Å². The number of primary sulfonamides is 1. The number of nitrogens with zero attached hydrogens (tertiary/aromatic N) is 3. The monoisotopic (exact) mass is 466 g/mol. The summed E-state index contributed by atoms with van der Waals surface area (Å²) in [5, 5.41) is 23.3. The highest BCUT2D eigenvalue weighted by molar-refractivity contribution is 7.89. The molecule has 5 rings (SSSR count). The lowest BCUT2D eigenvalue weighted by Gasteiger charge is -2.28. The fourth-order valence-corrected chi connectivity index (χ4v) is 6.16. The molecule has 2 aliphatic rings. The van der Waals surface area contributed by atoms with Gasteiger partial charge in [-0.25, -0.2) is 18.7 Å². The molecule has 1 saturated carbocycles. The Bertz CT molecular complexity index is 1210. The van der Waals surface area contributed by atoms with Crippen LogP contribution in [0.2, 0.25) is 0 Å². The van der Waals surface area contributed by atoms with E-state index in [4.69, 9.17) is 5.14 Å². The summed E-state index contributed by atoms with van der Waals surface area (Å²) in [6.07, 6.45) is 5.23. The van der Waals surface area contributed by atoms with Crippen molar-refractivity contribution in [1.82, 2.24) is 25.9 Å². The molecule has 0 spiro atoms. The molecular formula is C24H30N6O2S. The van der Waals surface area contributed by atoms with Crippen LogP contribution < -0.4 is 10.5 Å². The van der Waals surface area contributed by atoms with E-state index in [1.807, 2.05) is 24.3 Å². The second kappa shape index (κ2) is 8.96. The number of hydrogen-bond acceptors (Lipinski definition) is 6. The molecule has 3 aromatic rings. The minimum Gasteiger partial charge on any atom is -0.315 e. The lowest BCUT2D eigenvalue weighted by molar-refractivity contribution is 0.288. The average Bonchev–Trinajstić information content (AvgIpc) is 3.28. The summed E-state index contributed by atoms with van der Waals surface area (Å²) in [5.41, 5.74) is 4.11. The second-order valence-corrected chi connectivity index (χ2v) is 11.1. The largest absolute Gasteiger partial charge is 0.315 e. The highest BCUT2D eigenvalue weighted by Gasteiger charge is 2.28. The van der Waals surface area contributed by atoms with E-state index in [9.17, 15) is 8.42 Å². The van der Waals surface area contributed by atoms with Crippen molar-refractivity contribution >= 4 is 10.0 Å². The fourth-order valence-electron chi connectivity index (χ4n) is 5.16. The van der Waals surface area contributed by atoms with Gasteiger partial charge in [0.1, 0.15) is 0 Å². The predicted octanol–water partition coefficient (Wildman–Crippen LogP) is 3.24. The maximum Gasteiger partial charge on any atom is 0.239 e. The molecule has 2 aromatic carbocycles. The Labute approximate surface area is 194 Å².